The molecule has 9 nitrogen and oxygen atoms in total. The van der Waals surface area contributed by atoms with Crippen LogP contribution in [0.3, 0.4) is 0 Å². The smallest absolute Gasteiger partial charge is 0.337 e. The fourth-order valence-corrected chi connectivity index (χ4v) is 3.65. The fraction of sp³-hybridized carbons (Fsp3) is 0.0455. The third-order valence-electron chi connectivity index (χ3n) is 4.83. The first-order valence-electron chi connectivity index (χ1n) is 9.34. The van der Waals surface area contributed by atoms with Crippen molar-refractivity contribution >= 4 is 58.2 Å². The van der Waals surface area contributed by atoms with E-state index in [0.29, 0.717) is 22.8 Å². The highest BCUT2D eigenvalue weighted by Gasteiger charge is 2.30. The second-order valence-corrected chi connectivity index (χ2v) is 7.77. The maximum absolute atomic E-state index is 12.9. The summed E-state index contributed by atoms with van der Waals surface area (Å²) in [4.78, 5) is 34.6. The monoisotopic (exact) mass is 485 g/mol. The standard InChI is InChI=1S/C22H13Cl2N3O6/c1-11-15(21(28)26(25-11)13-3-5-17(23)16(9-13)22(29)30)10-14-4-7-20(33-14)12-2-6-19(27(31)32)18(24)8-12/h2-10H,1H3,(H,29,30)/b15-10-. The Kier molecular flexibility index (Phi) is 5.75. The van der Waals surface area contributed by atoms with Gasteiger partial charge in [0.2, 0.25) is 0 Å². The number of aromatic carboxylic acids is 1. The number of carbonyl (C=O) groups is 2. The van der Waals surface area contributed by atoms with Gasteiger partial charge in [-0.2, -0.15) is 10.1 Å². The van der Waals surface area contributed by atoms with Crippen LogP contribution < -0.4 is 5.01 Å². The average molecular weight is 486 g/mol. The zero-order chi connectivity index (χ0) is 23.9. The van der Waals surface area contributed by atoms with Crippen molar-refractivity contribution in [2.45, 2.75) is 6.92 Å². The second-order valence-electron chi connectivity index (χ2n) is 6.95. The third-order valence-corrected chi connectivity index (χ3v) is 5.46. The Labute approximate surface area is 196 Å². The van der Waals surface area contributed by atoms with E-state index < -0.39 is 16.8 Å². The van der Waals surface area contributed by atoms with Crippen LogP contribution in [0, 0.1) is 10.1 Å². The number of anilines is 1. The van der Waals surface area contributed by atoms with E-state index in [1.807, 2.05) is 0 Å². The molecule has 1 aromatic heterocycles. The number of hydrazone groups is 1. The molecule has 0 spiro atoms. The summed E-state index contributed by atoms with van der Waals surface area (Å²) in [6.07, 6.45) is 1.51. The zero-order valence-corrected chi connectivity index (χ0v) is 18.3. The lowest BCUT2D eigenvalue weighted by Crippen LogP contribution is -2.21. The minimum atomic E-state index is -1.22. The lowest BCUT2D eigenvalue weighted by Gasteiger charge is -2.12. The van der Waals surface area contributed by atoms with E-state index >= 15 is 0 Å². The topological polar surface area (TPSA) is 126 Å². The van der Waals surface area contributed by atoms with Crippen LogP contribution in [-0.4, -0.2) is 27.6 Å². The second kappa shape index (κ2) is 8.53. The van der Waals surface area contributed by atoms with E-state index in [1.165, 1.54) is 42.5 Å². The number of carboxylic acid groups (broad SMARTS) is 1. The first-order valence-corrected chi connectivity index (χ1v) is 10.1. The predicted molar refractivity (Wildman–Crippen MR) is 123 cm³/mol. The molecule has 1 aliphatic heterocycles. The van der Waals surface area contributed by atoms with Crippen LogP contribution >= 0.6 is 23.2 Å². The van der Waals surface area contributed by atoms with Gasteiger partial charge >= 0.3 is 5.97 Å². The van der Waals surface area contributed by atoms with Crippen LogP contribution in [-0.2, 0) is 4.79 Å². The fourth-order valence-electron chi connectivity index (χ4n) is 3.20. The van der Waals surface area contributed by atoms with E-state index in [0.717, 1.165) is 5.01 Å². The van der Waals surface area contributed by atoms with Gasteiger partial charge in [0.15, 0.2) is 0 Å². The first kappa shape index (κ1) is 22.3. The largest absolute Gasteiger partial charge is 0.478 e. The molecule has 3 aromatic rings. The minimum absolute atomic E-state index is 0.0258. The maximum Gasteiger partial charge on any atom is 0.337 e. The summed E-state index contributed by atoms with van der Waals surface area (Å²) in [5.41, 5.74) is 1.08. The molecule has 2 aromatic carbocycles. The van der Waals surface area contributed by atoms with Crippen LogP contribution in [0.1, 0.15) is 23.0 Å². The van der Waals surface area contributed by atoms with Gasteiger partial charge < -0.3 is 9.52 Å². The Morgan fingerprint density at radius 3 is 2.58 bits per heavy atom. The molecule has 1 N–H and O–H groups in total. The number of rotatable bonds is 5. The molecule has 0 saturated carbocycles. The Balaban J connectivity index is 1.62. The summed E-state index contributed by atoms with van der Waals surface area (Å²) < 4.78 is 5.77. The third kappa shape index (κ3) is 4.23. The number of nitrogens with zero attached hydrogens (tertiary/aromatic N) is 3. The number of benzene rings is 2. The molecule has 0 radical (unpaired) electrons. The first-order chi connectivity index (χ1) is 15.7. The van der Waals surface area contributed by atoms with Crippen LogP contribution in [0.5, 0.6) is 0 Å². The quantitative estimate of drug-likeness (QED) is 0.282. The van der Waals surface area contributed by atoms with Gasteiger partial charge in [0.1, 0.15) is 16.5 Å². The van der Waals surface area contributed by atoms with Gasteiger partial charge in [-0.05, 0) is 55.5 Å². The summed E-state index contributed by atoms with van der Waals surface area (Å²) >= 11 is 11.9. The highest BCUT2D eigenvalue weighted by molar-refractivity contribution is 6.34. The van der Waals surface area contributed by atoms with Crippen molar-refractivity contribution < 1.29 is 24.0 Å². The molecule has 0 bridgehead atoms. The van der Waals surface area contributed by atoms with E-state index in [1.54, 1.807) is 19.1 Å². The highest BCUT2D eigenvalue weighted by atomic mass is 35.5. The molecule has 0 fully saturated rings. The van der Waals surface area contributed by atoms with Gasteiger partial charge in [-0.15, -0.1) is 0 Å². The molecule has 33 heavy (non-hydrogen) atoms. The number of hydrogen-bond acceptors (Lipinski definition) is 6. The van der Waals surface area contributed by atoms with Crippen molar-refractivity contribution in [2.24, 2.45) is 5.10 Å². The Morgan fingerprint density at radius 1 is 1.15 bits per heavy atom. The van der Waals surface area contributed by atoms with Crippen LogP contribution in [0.2, 0.25) is 10.0 Å². The highest BCUT2D eigenvalue weighted by Crippen LogP contribution is 2.32. The van der Waals surface area contributed by atoms with Crippen molar-refractivity contribution in [1.29, 1.82) is 0 Å². The summed E-state index contributed by atoms with van der Waals surface area (Å²) in [6, 6.07) is 11.6. The number of hydrogen-bond donors (Lipinski definition) is 1. The Morgan fingerprint density at radius 2 is 1.91 bits per heavy atom. The molecule has 0 saturated heterocycles. The van der Waals surface area contributed by atoms with Gasteiger partial charge in [-0.1, -0.05) is 23.2 Å². The van der Waals surface area contributed by atoms with Gasteiger partial charge in [0, 0.05) is 11.6 Å². The van der Waals surface area contributed by atoms with Crippen LogP contribution in [0.15, 0.2) is 63.6 Å². The summed E-state index contributed by atoms with van der Waals surface area (Å²) in [7, 11) is 0. The molecule has 0 aliphatic carbocycles. The van der Waals surface area contributed by atoms with Crippen molar-refractivity contribution in [3.05, 3.63) is 85.6 Å². The molecular formula is C22H13Cl2N3O6. The summed E-state index contributed by atoms with van der Waals surface area (Å²) in [5.74, 6) is -0.942. The van der Waals surface area contributed by atoms with Gasteiger partial charge in [0.05, 0.1) is 32.5 Å². The van der Waals surface area contributed by atoms with E-state index in [9.17, 15) is 24.8 Å². The number of amides is 1. The zero-order valence-electron chi connectivity index (χ0n) is 16.8. The number of carboxylic acids is 1. The Bertz CT molecular complexity index is 1390. The molecule has 2 heterocycles. The van der Waals surface area contributed by atoms with Crippen molar-refractivity contribution in [2.75, 3.05) is 5.01 Å². The molecule has 0 unspecified atom stereocenters. The Hall–Kier alpha value is -3.95. The molecular weight excluding hydrogens is 473 g/mol. The van der Waals surface area contributed by atoms with E-state index in [4.69, 9.17) is 27.6 Å². The molecule has 0 atom stereocenters. The lowest BCUT2D eigenvalue weighted by atomic mass is 10.1. The molecule has 4 rings (SSSR count). The molecule has 1 aliphatic rings. The SMILES string of the molecule is CC1=NN(c2ccc(Cl)c(C(=O)O)c2)C(=O)/C1=C\c1ccc(-c2ccc([N+](=O)[O-])c(Cl)c2)o1. The summed E-state index contributed by atoms with van der Waals surface area (Å²) in [5, 5.41) is 25.5. The van der Waals surface area contributed by atoms with Gasteiger partial charge in [0.25, 0.3) is 11.6 Å². The number of nitro benzene ring substituents is 1. The van der Waals surface area contributed by atoms with E-state index in [2.05, 4.69) is 5.10 Å². The van der Waals surface area contributed by atoms with Crippen molar-refractivity contribution in [3.63, 3.8) is 0 Å². The van der Waals surface area contributed by atoms with Crippen LogP contribution in [0.4, 0.5) is 11.4 Å². The number of carbonyl (C=O) groups excluding carboxylic acids is 1. The number of halogens is 2. The predicted octanol–water partition coefficient (Wildman–Crippen LogP) is 5.67. The molecule has 1 amide bonds. The molecule has 11 heteroatoms. The number of nitro groups is 1. The minimum Gasteiger partial charge on any atom is -0.478 e. The molecule has 166 valence electrons. The van der Waals surface area contributed by atoms with Crippen molar-refractivity contribution in [3.8, 4) is 11.3 Å². The summed E-state index contributed by atoms with van der Waals surface area (Å²) in [6.45, 7) is 1.64. The van der Waals surface area contributed by atoms with E-state index in [-0.39, 0.29) is 32.6 Å². The lowest BCUT2D eigenvalue weighted by molar-refractivity contribution is -0.384. The van der Waals surface area contributed by atoms with Crippen molar-refractivity contribution in [1.82, 2.24) is 0 Å². The maximum atomic E-state index is 12.9. The van der Waals surface area contributed by atoms with Gasteiger partial charge in [-0.25, -0.2) is 4.79 Å². The average Bonchev–Trinajstić information content (AvgIpc) is 3.34. The number of furan rings is 1. The van der Waals surface area contributed by atoms with Crippen LogP contribution in [0.25, 0.3) is 17.4 Å². The normalized spacial score (nSPS) is 14.6. The van der Waals surface area contributed by atoms with Gasteiger partial charge in [-0.3, -0.25) is 14.9 Å².